The average Bonchev–Trinajstić information content (AvgIpc) is 2.36. The van der Waals surface area contributed by atoms with Crippen LogP contribution in [0.25, 0.3) is 0 Å². The van der Waals surface area contributed by atoms with E-state index in [-0.39, 0.29) is 11.3 Å². The van der Waals surface area contributed by atoms with Crippen molar-refractivity contribution in [1.29, 1.82) is 0 Å². The number of rotatable bonds is 3. The molecule has 0 saturated heterocycles. The third-order valence-corrected chi connectivity index (χ3v) is 2.88. The van der Waals surface area contributed by atoms with E-state index in [0.29, 0.717) is 10.0 Å². The zero-order valence-electron chi connectivity index (χ0n) is 9.93. The van der Waals surface area contributed by atoms with E-state index in [4.69, 9.17) is 0 Å². The van der Waals surface area contributed by atoms with Gasteiger partial charge >= 0.3 is 6.36 Å². The summed E-state index contributed by atoms with van der Waals surface area (Å²) in [5.41, 5.74) is 0.746. The number of alkyl halides is 3. The molecule has 0 bridgehead atoms. The van der Waals surface area contributed by atoms with Crippen LogP contribution in [0.5, 0.6) is 5.75 Å². The predicted octanol–water partition coefficient (Wildman–Crippen LogP) is 3.82. The van der Waals surface area contributed by atoms with Crippen molar-refractivity contribution in [3.05, 3.63) is 58.3 Å². The van der Waals surface area contributed by atoms with Crippen LogP contribution in [-0.4, -0.2) is 16.5 Å². The second-order valence-corrected chi connectivity index (χ2v) is 4.87. The number of benzene rings is 1. The van der Waals surface area contributed by atoms with E-state index in [2.05, 4.69) is 25.7 Å². The minimum Gasteiger partial charge on any atom is -0.406 e. The van der Waals surface area contributed by atoms with Crippen LogP contribution >= 0.6 is 15.9 Å². The van der Waals surface area contributed by atoms with Crippen molar-refractivity contribution in [3.8, 4) is 5.75 Å². The number of ether oxygens (including phenoxy) is 1. The van der Waals surface area contributed by atoms with Gasteiger partial charge in [-0.2, -0.15) is 0 Å². The lowest BCUT2D eigenvalue weighted by Gasteiger charge is -2.14. The zero-order valence-corrected chi connectivity index (χ0v) is 11.5. The molecule has 0 saturated carbocycles. The lowest BCUT2D eigenvalue weighted by molar-refractivity contribution is -0.274. The predicted molar refractivity (Wildman–Crippen MR) is 69.1 cm³/mol. The van der Waals surface area contributed by atoms with Gasteiger partial charge in [0.05, 0.1) is 0 Å². The second-order valence-electron chi connectivity index (χ2n) is 3.96. The number of aliphatic hydroxyl groups is 1. The summed E-state index contributed by atoms with van der Waals surface area (Å²) < 4.78 is 40.9. The van der Waals surface area contributed by atoms with E-state index in [1.54, 1.807) is 12.3 Å². The van der Waals surface area contributed by atoms with Crippen LogP contribution in [0.1, 0.15) is 17.2 Å². The fourth-order valence-electron chi connectivity index (χ4n) is 1.65. The van der Waals surface area contributed by atoms with Gasteiger partial charge in [0.2, 0.25) is 0 Å². The molecule has 1 N–H and O–H groups in total. The lowest BCUT2D eigenvalue weighted by atomic mass is 10.0. The van der Waals surface area contributed by atoms with Crippen LogP contribution in [0.3, 0.4) is 0 Å². The molecule has 0 spiro atoms. The number of aliphatic hydroxyl groups excluding tert-OH is 1. The van der Waals surface area contributed by atoms with Gasteiger partial charge in [-0.05, 0) is 39.7 Å². The molecule has 2 aromatic rings. The van der Waals surface area contributed by atoms with Crippen LogP contribution in [0.2, 0.25) is 0 Å². The molecule has 0 amide bonds. The molecule has 0 aliphatic carbocycles. The summed E-state index contributed by atoms with van der Waals surface area (Å²) in [6.45, 7) is 0. The van der Waals surface area contributed by atoms with Crippen LogP contribution in [-0.2, 0) is 0 Å². The molecular formula is C13H9BrF3NO2. The highest BCUT2D eigenvalue weighted by Crippen LogP contribution is 2.28. The van der Waals surface area contributed by atoms with Crippen molar-refractivity contribution in [2.24, 2.45) is 0 Å². The van der Waals surface area contributed by atoms with Crippen molar-refractivity contribution in [3.63, 3.8) is 0 Å². The van der Waals surface area contributed by atoms with Crippen LogP contribution in [0, 0.1) is 0 Å². The Hall–Kier alpha value is -1.60. The first-order chi connectivity index (χ1) is 9.35. The van der Waals surface area contributed by atoms with Crippen LogP contribution in [0.4, 0.5) is 13.2 Å². The summed E-state index contributed by atoms with van der Waals surface area (Å²) in [7, 11) is 0. The van der Waals surface area contributed by atoms with Gasteiger partial charge in [-0.25, -0.2) is 0 Å². The van der Waals surface area contributed by atoms with E-state index in [0.717, 1.165) is 6.07 Å². The van der Waals surface area contributed by atoms with Crippen molar-refractivity contribution in [2.75, 3.05) is 0 Å². The molecule has 106 valence electrons. The molecule has 1 aromatic heterocycles. The molecule has 20 heavy (non-hydrogen) atoms. The normalized spacial score (nSPS) is 13.1. The van der Waals surface area contributed by atoms with Gasteiger partial charge in [0.15, 0.2) is 0 Å². The van der Waals surface area contributed by atoms with Gasteiger partial charge < -0.3 is 9.84 Å². The number of hydrogen-bond donors (Lipinski definition) is 1. The lowest BCUT2D eigenvalue weighted by Crippen LogP contribution is -2.17. The van der Waals surface area contributed by atoms with Gasteiger partial charge in [-0.1, -0.05) is 12.1 Å². The quantitative estimate of drug-likeness (QED) is 0.917. The van der Waals surface area contributed by atoms with Crippen molar-refractivity contribution in [2.45, 2.75) is 12.5 Å². The Balaban J connectivity index is 2.26. The Morgan fingerprint density at radius 1 is 1.15 bits per heavy atom. The van der Waals surface area contributed by atoms with Crippen molar-refractivity contribution >= 4 is 15.9 Å². The molecular weight excluding hydrogens is 339 g/mol. The zero-order chi connectivity index (χ0) is 14.8. The highest BCUT2D eigenvalue weighted by Gasteiger charge is 2.31. The molecule has 0 fully saturated rings. The van der Waals surface area contributed by atoms with Gasteiger partial charge in [-0.3, -0.25) is 4.98 Å². The second kappa shape index (κ2) is 5.80. The summed E-state index contributed by atoms with van der Waals surface area (Å²) in [4.78, 5) is 3.89. The third-order valence-electron chi connectivity index (χ3n) is 2.45. The fraction of sp³-hybridized carbons (Fsp3) is 0.154. The van der Waals surface area contributed by atoms with Gasteiger partial charge in [-0.15, -0.1) is 13.2 Å². The Labute approximate surface area is 121 Å². The molecule has 7 heteroatoms. The molecule has 0 radical (unpaired) electrons. The SMILES string of the molecule is OC(c1cncc(Br)c1)c1cccc(OC(F)(F)F)c1. The molecule has 1 heterocycles. The van der Waals surface area contributed by atoms with E-state index < -0.39 is 12.5 Å². The largest absolute Gasteiger partial charge is 0.573 e. The first-order valence-electron chi connectivity index (χ1n) is 5.49. The summed E-state index contributed by atoms with van der Waals surface area (Å²) >= 11 is 3.21. The van der Waals surface area contributed by atoms with Crippen LogP contribution < -0.4 is 4.74 Å². The standard InChI is InChI=1S/C13H9BrF3NO2/c14-10-4-9(6-18-7-10)12(19)8-2-1-3-11(5-8)20-13(15,16)17/h1-7,12,19H. The molecule has 1 unspecified atom stereocenters. The molecule has 3 nitrogen and oxygen atoms in total. The molecule has 0 aliphatic heterocycles. The maximum Gasteiger partial charge on any atom is 0.573 e. The van der Waals surface area contributed by atoms with E-state index in [1.807, 2.05) is 0 Å². The molecule has 1 aromatic carbocycles. The maximum absolute atomic E-state index is 12.1. The number of halogens is 4. The highest BCUT2D eigenvalue weighted by molar-refractivity contribution is 9.10. The van der Waals surface area contributed by atoms with Gasteiger partial charge in [0, 0.05) is 22.4 Å². The Morgan fingerprint density at radius 2 is 1.90 bits per heavy atom. The van der Waals surface area contributed by atoms with Crippen LogP contribution in [0.15, 0.2) is 47.2 Å². The summed E-state index contributed by atoms with van der Waals surface area (Å²) in [6, 6.07) is 6.83. The first-order valence-corrected chi connectivity index (χ1v) is 6.29. The average molecular weight is 348 g/mol. The monoisotopic (exact) mass is 347 g/mol. The van der Waals surface area contributed by atoms with Gasteiger partial charge in [0.25, 0.3) is 0 Å². The Morgan fingerprint density at radius 3 is 2.55 bits per heavy atom. The summed E-state index contributed by atoms with van der Waals surface area (Å²) in [6.07, 6.45) is -2.87. The molecule has 1 atom stereocenters. The topological polar surface area (TPSA) is 42.4 Å². The number of nitrogens with zero attached hydrogens (tertiary/aromatic N) is 1. The van der Waals surface area contributed by atoms with Crippen molar-refractivity contribution in [1.82, 2.24) is 4.98 Å². The summed E-state index contributed by atoms with van der Waals surface area (Å²) in [5, 5.41) is 10.1. The number of hydrogen-bond acceptors (Lipinski definition) is 3. The van der Waals surface area contributed by atoms with Gasteiger partial charge in [0.1, 0.15) is 11.9 Å². The van der Waals surface area contributed by atoms with E-state index in [9.17, 15) is 18.3 Å². The first kappa shape index (κ1) is 14.8. The molecule has 0 aliphatic rings. The van der Waals surface area contributed by atoms with E-state index in [1.165, 1.54) is 24.4 Å². The maximum atomic E-state index is 12.1. The minimum atomic E-state index is -4.76. The smallest absolute Gasteiger partial charge is 0.406 e. The Kier molecular flexibility index (Phi) is 4.29. The third kappa shape index (κ3) is 3.94. The Bertz CT molecular complexity index is 604. The fourth-order valence-corrected chi connectivity index (χ4v) is 2.03. The van der Waals surface area contributed by atoms with E-state index >= 15 is 0 Å². The number of pyridine rings is 1. The summed E-state index contributed by atoms with van der Waals surface area (Å²) in [5.74, 6) is -0.378. The highest BCUT2D eigenvalue weighted by atomic mass is 79.9. The number of aromatic nitrogens is 1. The minimum absolute atomic E-state index is 0.284. The van der Waals surface area contributed by atoms with Crippen molar-refractivity contribution < 1.29 is 23.0 Å². The molecule has 2 rings (SSSR count).